The summed E-state index contributed by atoms with van der Waals surface area (Å²) in [6, 6.07) is 12.8. The number of nitrogens with zero attached hydrogens (tertiary/aromatic N) is 3. The van der Waals surface area contributed by atoms with E-state index in [0.717, 1.165) is 12.1 Å². The molecule has 8 heteroatoms. The fourth-order valence-electron chi connectivity index (χ4n) is 2.38. The van der Waals surface area contributed by atoms with Gasteiger partial charge in [-0.25, -0.2) is 9.97 Å². The van der Waals surface area contributed by atoms with Crippen molar-refractivity contribution >= 4 is 23.2 Å². The molecule has 0 aliphatic carbocycles. The van der Waals surface area contributed by atoms with Crippen molar-refractivity contribution in [2.75, 3.05) is 11.9 Å². The minimum atomic E-state index is -4.41. The van der Waals surface area contributed by atoms with Gasteiger partial charge in [0.2, 0.25) is 5.82 Å². The molecule has 2 aromatic carbocycles. The Labute approximate surface area is 158 Å². The molecule has 3 rings (SSSR count). The molecule has 0 N–H and O–H groups in total. The Kier molecular flexibility index (Phi) is 5.14. The van der Waals surface area contributed by atoms with E-state index in [1.54, 1.807) is 31.3 Å². The van der Waals surface area contributed by atoms with Gasteiger partial charge in [-0.1, -0.05) is 23.7 Å². The molecular weight excluding hydrogens is 379 g/mol. The number of carbonyl (C=O) groups is 1. The highest BCUT2D eigenvalue weighted by atomic mass is 35.5. The summed E-state index contributed by atoms with van der Waals surface area (Å²) < 4.78 is 38.0. The first-order valence-corrected chi connectivity index (χ1v) is 8.18. The van der Waals surface area contributed by atoms with Gasteiger partial charge >= 0.3 is 6.18 Å². The first-order chi connectivity index (χ1) is 12.8. The third kappa shape index (κ3) is 4.25. The summed E-state index contributed by atoms with van der Waals surface area (Å²) in [4.78, 5) is 22.1. The monoisotopic (exact) mass is 391 g/mol. The fraction of sp³-hybridized carbons (Fsp3) is 0.105. The Morgan fingerprint density at radius 3 is 2.22 bits per heavy atom. The molecule has 0 fully saturated rings. The molecule has 0 unspecified atom stereocenters. The van der Waals surface area contributed by atoms with Gasteiger partial charge in [-0.15, -0.1) is 0 Å². The van der Waals surface area contributed by atoms with Crippen LogP contribution in [-0.2, 0) is 6.18 Å². The average Bonchev–Trinajstić information content (AvgIpc) is 2.67. The molecule has 0 spiro atoms. The molecule has 0 radical (unpaired) electrons. The number of anilines is 1. The van der Waals surface area contributed by atoms with Crippen LogP contribution in [-0.4, -0.2) is 22.9 Å². The lowest BCUT2D eigenvalue weighted by atomic mass is 10.1. The van der Waals surface area contributed by atoms with Gasteiger partial charge in [-0.2, -0.15) is 13.2 Å². The third-order valence-electron chi connectivity index (χ3n) is 3.87. The van der Waals surface area contributed by atoms with Crippen molar-refractivity contribution in [1.82, 2.24) is 9.97 Å². The predicted octanol–water partition coefficient (Wildman–Crippen LogP) is 5.09. The molecule has 27 heavy (non-hydrogen) atoms. The maximum Gasteiger partial charge on any atom is 0.416 e. The van der Waals surface area contributed by atoms with E-state index in [4.69, 9.17) is 11.6 Å². The molecule has 0 aliphatic heterocycles. The number of carbonyl (C=O) groups excluding carboxylic acids is 1. The molecule has 1 amide bonds. The lowest BCUT2D eigenvalue weighted by Crippen LogP contribution is -2.28. The topological polar surface area (TPSA) is 46.1 Å². The molecule has 3 aromatic rings. The zero-order chi connectivity index (χ0) is 19.6. The van der Waals surface area contributed by atoms with Gasteiger partial charge in [0.1, 0.15) is 0 Å². The van der Waals surface area contributed by atoms with Crippen LogP contribution in [0.25, 0.3) is 11.3 Å². The Morgan fingerprint density at radius 1 is 1.00 bits per heavy atom. The van der Waals surface area contributed by atoms with Crippen LogP contribution in [0.5, 0.6) is 0 Å². The second-order valence-electron chi connectivity index (χ2n) is 5.68. The molecule has 138 valence electrons. The van der Waals surface area contributed by atoms with Crippen LogP contribution >= 0.6 is 11.6 Å². The Bertz CT molecular complexity index is 957. The number of alkyl halides is 3. The fourth-order valence-corrected chi connectivity index (χ4v) is 2.51. The van der Waals surface area contributed by atoms with Crippen LogP contribution < -0.4 is 4.90 Å². The van der Waals surface area contributed by atoms with E-state index >= 15 is 0 Å². The number of benzene rings is 2. The predicted molar refractivity (Wildman–Crippen MR) is 96.7 cm³/mol. The molecule has 0 aliphatic rings. The van der Waals surface area contributed by atoms with Gasteiger partial charge in [-0.05, 0) is 42.5 Å². The van der Waals surface area contributed by atoms with E-state index in [-0.39, 0.29) is 5.82 Å². The number of hydrogen-bond donors (Lipinski definition) is 0. The molecule has 0 saturated heterocycles. The molecule has 4 nitrogen and oxygen atoms in total. The quantitative estimate of drug-likeness (QED) is 0.624. The maximum absolute atomic E-state index is 12.7. The number of rotatable bonds is 3. The lowest BCUT2D eigenvalue weighted by molar-refractivity contribution is -0.137. The van der Waals surface area contributed by atoms with E-state index in [2.05, 4.69) is 9.97 Å². The summed E-state index contributed by atoms with van der Waals surface area (Å²) in [5, 5.41) is 0.542. The van der Waals surface area contributed by atoms with E-state index in [1.807, 2.05) is 0 Å². The number of aromatic nitrogens is 2. The highest BCUT2D eigenvalue weighted by molar-refractivity contribution is 6.30. The zero-order valence-corrected chi connectivity index (χ0v) is 14.8. The van der Waals surface area contributed by atoms with Crippen LogP contribution in [0.15, 0.2) is 60.8 Å². The summed E-state index contributed by atoms with van der Waals surface area (Å²) in [5.41, 5.74) is 0.659. The summed E-state index contributed by atoms with van der Waals surface area (Å²) in [7, 11) is 1.57. The van der Waals surface area contributed by atoms with Crippen LogP contribution in [0.2, 0.25) is 5.02 Å². The van der Waals surface area contributed by atoms with Crippen LogP contribution in [0.4, 0.5) is 18.9 Å². The Hall–Kier alpha value is -2.93. The number of amides is 1. The summed E-state index contributed by atoms with van der Waals surface area (Å²) >= 11 is 5.84. The van der Waals surface area contributed by atoms with E-state index in [9.17, 15) is 18.0 Å². The number of halogens is 4. The van der Waals surface area contributed by atoms with E-state index in [0.29, 0.717) is 22.0 Å². The molecule has 1 heterocycles. The average molecular weight is 392 g/mol. The minimum Gasteiger partial charge on any atom is -0.309 e. The smallest absolute Gasteiger partial charge is 0.309 e. The first-order valence-electron chi connectivity index (χ1n) is 7.80. The van der Waals surface area contributed by atoms with Crippen molar-refractivity contribution in [2.45, 2.75) is 6.18 Å². The normalized spacial score (nSPS) is 11.3. The van der Waals surface area contributed by atoms with Gasteiger partial charge in [0.05, 0.1) is 11.3 Å². The standard InChI is InChI=1S/C19H13ClF3N3O/c1-26(15-8-6-14(20)7-9-15)18(27)17-24-11-10-16(25-17)12-2-4-13(5-3-12)19(21,22)23/h2-11H,1H3. The van der Waals surface area contributed by atoms with Gasteiger partial charge < -0.3 is 4.90 Å². The first kappa shape index (κ1) is 18.8. The van der Waals surface area contributed by atoms with Gasteiger partial charge in [-0.3, -0.25) is 4.79 Å². The van der Waals surface area contributed by atoms with Crippen molar-refractivity contribution in [3.63, 3.8) is 0 Å². The van der Waals surface area contributed by atoms with Gasteiger partial charge in [0.25, 0.3) is 5.91 Å². The molecule has 0 atom stereocenters. The molecule has 0 saturated carbocycles. The minimum absolute atomic E-state index is 0.0650. The van der Waals surface area contributed by atoms with Crippen molar-refractivity contribution in [3.05, 3.63) is 77.2 Å². The summed E-state index contributed by atoms with van der Waals surface area (Å²) in [5.74, 6) is -0.518. The van der Waals surface area contributed by atoms with Gasteiger partial charge in [0.15, 0.2) is 0 Å². The second-order valence-corrected chi connectivity index (χ2v) is 6.12. The second kappa shape index (κ2) is 7.36. The largest absolute Gasteiger partial charge is 0.416 e. The Morgan fingerprint density at radius 2 is 1.63 bits per heavy atom. The van der Waals surface area contributed by atoms with Crippen LogP contribution in [0, 0.1) is 0 Å². The molecular formula is C19H13ClF3N3O. The number of hydrogen-bond acceptors (Lipinski definition) is 3. The maximum atomic E-state index is 12.7. The lowest BCUT2D eigenvalue weighted by Gasteiger charge is -2.16. The van der Waals surface area contributed by atoms with Gasteiger partial charge in [0, 0.05) is 29.5 Å². The zero-order valence-electron chi connectivity index (χ0n) is 14.0. The van der Waals surface area contributed by atoms with Crippen molar-refractivity contribution < 1.29 is 18.0 Å². The van der Waals surface area contributed by atoms with Crippen molar-refractivity contribution in [2.24, 2.45) is 0 Å². The molecule has 1 aromatic heterocycles. The van der Waals surface area contributed by atoms with Crippen molar-refractivity contribution in [1.29, 1.82) is 0 Å². The van der Waals surface area contributed by atoms with Crippen LogP contribution in [0.1, 0.15) is 16.2 Å². The highest BCUT2D eigenvalue weighted by Crippen LogP contribution is 2.30. The summed E-state index contributed by atoms with van der Waals surface area (Å²) in [6.45, 7) is 0. The Balaban J connectivity index is 1.86. The van der Waals surface area contributed by atoms with E-state index in [1.165, 1.54) is 29.3 Å². The summed E-state index contributed by atoms with van der Waals surface area (Å²) in [6.07, 6.45) is -3.02. The van der Waals surface area contributed by atoms with E-state index < -0.39 is 17.6 Å². The molecule has 0 bridgehead atoms. The van der Waals surface area contributed by atoms with Crippen LogP contribution in [0.3, 0.4) is 0 Å². The van der Waals surface area contributed by atoms with Crippen molar-refractivity contribution in [3.8, 4) is 11.3 Å². The highest BCUT2D eigenvalue weighted by Gasteiger charge is 2.30. The third-order valence-corrected chi connectivity index (χ3v) is 4.13. The SMILES string of the molecule is CN(C(=O)c1nccc(-c2ccc(C(F)(F)F)cc2)n1)c1ccc(Cl)cc1.